The number of hydrogen-bond donors (Lipinski definition) is 1. The van der Waals surface area contributed by atoms with Crippen LogP contribution in [0.25, 0.3) is 0 Å². The molecule has 0 radical (unpaired) electrons. The molecule has 2 bridgehead atoms. The summed E-state index contributed by atoms with van der Waals surface area (Å²) in [6.07, 6.45) is 10.7. The van der Waals surface area contributed by atoms with Gasteiger partial charge in [-0.1, -0.05) is 26.2 Å². The average Bonchev–Trinajstić information content (AvgIpc) is 3.15. The van der Waals surface area contributed by atoms with Crippen LogP contribution in [-0.2, 0) is 14.3 Å². The standard InChI is InChI=1S/C19H34O4S/c1-3-4-5-6-11-24-13-16-15(17-9-10-18(16)23-17)8-7-14(2)22-12-19(20)21/h14-18H,3-13H2,1-2H3,(H,20,21)/t14-,15?,16+,17-,18+/m0/s1. The molecule has 1 unspecified atom stereocenters. The molecule has 0 spiro atoms. The lowest BCUT2D eigenvalue weighted by Gasteiger charge is -2.28. The van der Waals surface area contributed by atoms with Crippen molar-refractivity contribution in [2.75, 3.05) is 18.1 Å². The molecule has 2 saturated heterocycles. The SMILES string of the molecule is CCCCCCSC[C@@H]1C(CC[C@H](C)OCC(=O)O)[C@@H]2CC[C@H]1O2. The van der Waals surface area contributed by atoms with Crippen molar-refractivity contribution in [3.63, 3.8) is 0 Å². The van der Waals surface area contributed by atoms with Gasteiger partial charge >= 0.3 is 5.97 Å². The minimum absolute atomic E-state index is 0.0163. The van der Waals surface area contributed by atoms with Crippen LogP contribution in [0.1, 0.15) is 65.2 Å². The van der Waals surface area contributed by atoms with Gasteiger partial charge < -0.3 is 14.6 Å². The number of hydrogen-bond acceptors (Lipinski definition) is 4. The molecule has 0 aliphatic carbocycles. The molecule has 4 nitrogen and oxygen atoms in total. The molecule has 0 aromatic heterocycles. The monoisotopic (exact) mass is 358 g/mol. The lowest BCUT2D eigenvalue weighted by Crippen LogP contribution is -2.30. The van der Waals surface area contributed by atoms with Crippen molar-refractivity contribution in [2.45, 2.75) is 83.5 Å². The maximum atomic E-state index is 10.6. The van der Waals surface area contributed by atoms with Crippen LogP contribution < -0.4 is 0 Å². The van der Waals surface area contributed by atoms with E-state index in [1.165, 1.54) is 50.0 Å². The molecular formula is C19H34O4S. The highest BCUT2D eigenvalue weighted by molar-refractivity contribution is 7.99. The first-order valence-corrected chi connectivity index (χ1v) is 10.8. The zero-order valence-electron chi connectivity index (χ0n) is 15.2. The highest BCUT2D eigenvalue weighted by Gasteiger charge is 2.48. The second-order valence-electron chi connectivity index (χ2n) is 7.35. The lowest BCUT2D eigenvalue weighted by molar-refractivity contribution is -0.144. The Hall–Kier alpha value is -0.260. The molecule has 140 valence electrons. The van der Waals surface area contributed by atoms with Crippen molar-refractivity contribution in [1.29, 1.82) is 0 Å². The molecule has 2 heterocycles. The molecule has 0 saturated carbocycles. The average molecular weight is 359 g/mol. The number of fused-ring (bicyclic) bond motifs is 2. The van der Waals surface area contributed by atoms with Crippen molar-refractivity contribution in [2.24, 2.45) is 11.8 Å². The van der Waals surface area contributed by atoms with Crippen molar-refractivity contribution in [3.8, 4) is 0 Å². The van der Waals surface area contributed by atoms with Crippen molar-refractivity contribution in [3.05, 3.63) is 0 Å². The summed E-state index contributed by atoms with van der Waals surface area (Å²) >= 11 is 2.10. The molecule has 0 aromatic carbocycles. The Kier molecular flexibility index (Phi) is 8.92. The largest absolute Gasteiger partial charge is 0.480 e. The summed E-state index contributed by atoms with van der Waals surface area (Å²) < 4.78 is 11.5. The number of carboxylic acid groups (broad SMARTS) is 1. The summed E-state index contributed by atoms with van der Waals surface area (Å²) in [5.41, 5.74) is 0. The molecule has 0 aromatic rings. The molecule has 2 fully saturated rings. The van der Waals surface area contributed by atoms with Crippen LogP contribution in [0.2, 0.25) is 0 Å². The predicted molar refractivity (Wildman–Crippen MR) is 98.6 cm³/mol. The van der Waals surface area contributed by atoms with Gasteiger partial charge in [0.2, 0.25) is 0 Å². The van der Waals surface area contributed by atoms with Gasteiger partial charge in [0.15, 0.2) is 0 Å². The Bertz CT molecular complexity index is 376. The number of aliphatic carboxylic acids is 1. The number of carbonyl (C=O) groups is 1. The molecule has 2 rings (SSSR count). The third-order valence-corrected chi connectivity index (χ3v) is 6.64. The Morgan fingerprint density at radius 1 is 1.25 bits per heavy atom. The van der Waals surface area contributed by atoms with E-state index in [1.807, 2.05) is 6.92 Å². The minimum atomic E-state index is -0.887. The van der Waals surface area contributed by atoms with E-state index in [1.54, 1.807) is 0 Å². The van der Waals surface area contributed by atoms with Crippen molar-refractivity contribution < 1.29 is 19.4 Å². The van der Waals surface area contributed by atoms with Crippen molar-refractivity contribution >= 4 is 17.7 Å². The number of rotatable bonds is 13. The summed E-state index contributed by atoms with van der Waals surface area (Å²) in [5, 5.41) is 8.70. The first kappa shape index (κ1) is 20.1. The van der Waals surface area contributed by atoms with E-state index in [-0.39, 0.29) is 12.7 Å². The molecule has 2 aliphatic rings. The molecular weight excluding hydrogens is 324 g/mol. The van der Waals surface area contributed by atoms with E-state index in [9.17, 15) is 4.79 Å². The summed E-state index contributed by atoms with van der Waals surface area (Å²) in [5.74, 6) is 2.94. The minimum Gasteiger partial charge on any atom is -0.480 e. The number of carboxylic acids is 1. The van der Waals surface area contributed by atoms with E-state index in [4.69, 9.17) is 14.6 Å². The van der Waals surface area contributed by atoms with Gasteiger partial charge in [0.05, 0.1) is 18.3 Å². The van der Waals surface area contributed by atoms with Gasteiger partial charge in [-0.3, -0.25) is 0 Å². The van der Waals surface area contributed by atoms with Gasteiger partial charge in [-0.05, 0) is 62.4 Å². The first-order chi connectivity index (χ1) is 11.6. The Labute approximate surface area is 151 Å². The molecule has 5 heteroatoms. The maximum absolute atomic E-state index is 10.6. The van der Waals surface area contributed by atoms with Crippen LogP contribution >= 0.6 is 11.8 Å². The predicted octanol–water partition coefficient (Wildman–Crippen LogP) is 4.36. The second kappa shape index (κ2) is 10.7. The lowest BCUT2D eigenvalue weighted by atomic mass is 9.77. The Morgan fingerprint density at radius 2 is 2.00 bits per heavy atom. The van der Waals surface area contributed by atoms with Crippen LogP contribution in [0.5, 0.6) is 0 Å². The van der Waals surface area contributed by atoms with Gasteiger partial charge in [0.1, 0.15) is 6.61 Å². The normalized spacial score (nSPS) is 29.9. The van der Waals surface area contributed by atoms with E-state index >= 15 is 0 Å². The van der Waals surface area contributed by atoms with Gasteiger partial charge in [-0.25, -0.2) is 4.79 Å². The fourth-order valence-electron chi connectivity index (χ4n) is 4.08. The molecule has 24 heavy (non-hydrogen) atoms. The fraction of sp³-hybridized carbons (Fsp3) is 0.947. The quantitative estimate of drug-likeness (QED) is 0.496. The topological polar surface area (TPSA) is 55.8 Å². The van der Waals surface area contributed by atoms with Gasteiger partial charge in [-0.2, -0.15) is 11.8 Å². The molecule has 5 atom stereocenters. The highest BCUT2D eigenvalue weighted by Crippen LogP contribution is 2.46. The Balaban J connectivity index is 1.68. The number of unbranched alkanes of at least 4 members (excludes halogenated alkanes) is 3. The van der Waals surface area contributed by atoms with Gasteiger partial charge in [0, 0.05) is 0 Å². The molecule has 2 aliphatic heterocycles. The van der Waals surface area contributed by atoms with E-state index in [0.717, 1.165) is 12.8 Å². The molecule has 1 N–H and O–H groups in total. The summed E-state index contributed by atoms with van der Waals surface area (Å²) in [4.78, 5) is 10.6. The summed E-state index contributed by atoms with van der Waals surface area (Å²) in [7, 11) is 0. The van der Waals surface area contributed by atoms with Crippen LogP contribution in [0.15, 0.2) is 0 Å². The number of thioether (sulfide) groups is 1. The van der Waals surface area contributed by atoms with Crippen LogP contribution in [0, 0.1) is 11.8 Å². The summed E-state index contributed by atoms with van der Waals surface area (Å²) in [6, 6.07) is 0. The van der Waals surface area contributed by atoms with Gasteiger partial charge in [-0.15, -0.1) is 0 Å². The smallest absolute Gasteiger partial charge is 0.329 e. The third kappa shape index (κ3) is 6.23. The number of ether oxygens (including phenoxy) is 2. The molecule has 0 amide bonds. The van der Waals surface area contributed by atoms with Crippen LogP contribution in [-0.4, -0.2) is 47.5 Å². The zero-order valence-corrected chi connectivity index (χ0v) is 16.1. The Morgan fingerprint density at radius 3 is 2.71 bits per heavy atom. The van der Waals surface area contributed by atoms with Gasteiger partial charge in [0.25, 0.3) is 0 Å². The highest BCUT2D eigenvalue weighted by atomic mass is 32.2. The van der Waals surface area contributed by atoms with Crippen LogP contribution in [0.3, 0.4) is 0 Å². The van der Waals surface area contributed by atoms with E-state index < -0.39 is 5.97 Å². The third-order valence-electron chi connectivity index (χ3n) is 5.44. The summed E-state index contributed by atoms with van der Waals surface area (Å²) in [6.45, 7) is 4.05. The maximum Gasteiger partial charge on any atom is 0.329 e. The van der Waals surface area contributed by atoms with E-state index in [2.05, 4.69) is 18.7 Å². The zero-order chi connectivity index (χ0) is 17.4. The first-order valence-electron chi connectivity index (χ1n) is 9.68. The fourth-order valence-corrected chi connectivity index (χ4v) is 5.38. The van der Waals surface area contributed by atoms with Crippen molar-refractivity contribution in [1.82, 2.24) is 0 Å². The van der Waals surface area contributed by atoms with Crippen LogP contribution in [0.4, 0.5) is 0 Å². The second-order valence-corrected chi connectivity index (χ2v) is 8.50. The van der Waals surface area contributed by atoms with E-state index in [0.29, 0.717) is 24.0 Å².